The van der Waals surface area contributed by atoms with E-state index >= 15 is 0 Å². The highest BCUT2D eigenvalue weighted by Gasteiger charge is 2.35. The van der Waals surface area contributed by atoms with Gasteiger partial charge in [0.25, 0.3) is 5.91 Å². The highest BCUT2D eigenvalue weighted by Crippen LogP contribution is 2.38. The number of hydrogen-bond acceptors (Lipinski definition) is 6. The van der Waals surface area contributed by atoms with Gasteiger partial charge in [0.1, 0.15) is 16.9 Å². The maximum atomic E-state index is 12.7. The summed E-state index contributed by atoms with van der Waals surface area (Å²) in [5, 5.41) is 9.13. The lowest BCUT2D eigenvalue weighted by molar-refractivity contribution is 0.0526. The number of amides is 1. The van der Waals surface area contributed by atoms with Crippen LogP contribution >= 0.6 is 58.4 Å². The Morgan fingerprint density at radius 1 is 1.15 bits per heavy atom. The molecule has 3 N–H and O–H groups in total. The number of ether oxygens (including phenoxy) is 2. The molecule has 1 aliphatic carbocycles. The van der Waals surface area contributed by atoms with Crippen LogP contribution in [0.1, 0.15) is 50.9 Å². The van der Waals surface area contributed by atoms with Gasteiger partial charge in [-0.1, -0.05) is 34.8 Å². The van der Waals surface area contributed by atoms with E-state index in [4.69, 9.17) is 56.5 Å². The van der Waals surface area contributed by atoms with Crippen molar-refractivity contribution in [2.45, 2.75) is 42.6 Å². The van der Waals surface area contributed by atoms with Crippen molar-refractivity contribution in [3.8, 4) is 5.75 Å². The minimum atomic E-state index is -1.92. The summed E-state index contributed by atoms with van der Waals surface area (Å²) >= 11 is 25.2. The summed E-state index contributed by atoms with van der Waals surface area (Å²) in [6, 6.07) is 6.46. The second kappa shape index (κ2) is 11.8. The normalized spacial score (nSPS) is 13.9. The summed E-state index contributed by atoms with van der Waals surface area (Å²) in [5.74, 6) is -0.278. The van der Waals surface area contributed by atoms with Crippen molar-refractivity contribution < 1.29 is 19.1 Å². The molecule has 1 amide bonds. The molecule has 34 heavy (non-hydrogen) atoms. The smallest absolute Gasteiger partial charge is 0.341 e. The Labute approximate surface area is 222 Å². The van der Waals surface area contributed by atoms with Crippen molar-refractivity contribution in [1.29, 1.82) is 0 Å². The highest BCUT2D eigenvalue weighted by atomic mass is 35.6. The van der Waals surface area contributed by atoms with Gasteiger partial charge in [-0.05, 0) is 74.7 Å². The number of thiocarbonyl (C=S) groups is 1. The zero-order valence-corrected chi connectivity index (χ0v) is 22.4. The Bertz CT molecular complexity index is 1050. The van der Waals surface area contributed by atoms with E-state index in [1.165, 1.54) is 18.4 Å². The first-order valence-electron chi connectivity index (χ1n) is 10.5. The highest BCUT2D eigenvalue weighted by molar-refractivity contribution is 7.80. The number of benzene rings is 1. The Morgan fingerprint density at radius 3 is 2.44 bits per heavy atom. The zero-order valence-electron chi connectivity index (χ0n) is 18.5. The number of carbonyl (C=O) groups excluding carboxylic acids is 2. The lowest BCUT2D eigenvalue weighted by atomic mass is 9.95. The van der Waals surface area contributed by atoms with Gasteiger partial charge in [-0.3, -0.25) is 4.79 Å². The van der Waals surface area contributed by atoms with Gasteiger partial charge in [0.2, 0.25) is 3.79 Å². The van der Waals surface area contributed by atoms with E-state index < -0.39 is 21.8 Å². The van der Waals surface area contributed by atoms with Crippen molar-refractivity contribution >= 4 is 80.3 Å². The van der Waals surface area contributed by atoms with Crippen LogP contribution in [0.25, 0.3) is 0 Å². The second-order valence-corrected chi connectivity index (χ2v) is 11.3. The molecule has 2 aromatic rings. The number of rotatable bonds is 7. The van der Waals surface area contributed by atoms with Crippen molar-refractivity contribution in [3.05, 3.63) is 45.8 Å². The van der Waals surface area contributed by atoms with Gasteiger partial charge in [-0.2, -0.15) is 0 Å². The Hall–Kier alpha value is -1.78. The molecule has 1 aromatic heterocycles. The molecule has 1 atom stereocenters. The van der Waals surface area contributed by atoms with E-state index in [1.54, 1.807) is 31.2 Å². The molecule has 12 heteroatoms. The van der Waals surface area contributed by atoms with Gasteiger partial charge < -0.3 is 25.4 Å². The van der Waals surface area contributed by atoms with E-state index in [0.717, 1.165) is 36.1 Å². The SMILES string of the molecule is CCOC(=O)c1c(NC(=S)N[C@@H](NC(=O)c2ccc(OC)cc2)C(Cl)(Cl)Cl)sc2c1CCCC2. The largest absolute Gasteiger partial charge is 0.497 e. The van der Waals surface area contributed by atoms with E-state index in [0.29, 0.717) is 21.9 Å². The maximum absolute atomic E-state index is 12.7. The average Bonchev–Trinajstić information content (AvgIpc) is 3.15. The van der Waals surface area contributed by atoms with Crippen molar-refractivity contribution in [2.75, 3.05) is 19.0 Å². The number of methoxy groups -OCH3 is 1. The van der Waals surface area contributed by atoms with Crippen molar-refractivity contribution in [2.24, 2.45) is 0 Å². The van der Waals surface area contributed by atoms with Crippen LogP contribution in [0, 0.1) is 0 Å². The first-order valence-corrected chi connectivity index (χ1v) is 12.9. The quantitative estimate of drug-likeness (QED) is 0.184. The van der Waals surface area contributed by atoms with E-state index in [-0.39, 0.29) is 11.7 Å². The van der Waals surface area contributed by atoms with Crippen LogP contribution in [0.2, 0.25) is 0 Å². The predicted octanol–water partition coefficient (Wildman–Crippen LogP) is 5.22. The maximum Gasteiger partial charge on any atom is 0.341 e. The van der Waals surface area contributed by atoms with Crippen LogP contribution in [0.4, 0.5) is 5.00 Å². The average molecular weight is 565 g/mol. The molecular formula is C22H24Cl3N3O4S2. The van der Waals surface area contributed by atoms with Crippen LogP contribution in [-0.2, 0) is 17.6 Å². The van der Waals surface area contributed by atoms with Gasteiger partial charge >= 0.3 is 5.97 Å². The van der Waals surface area contributed by atoms with E-state index in [1.807, 2.05) is 0 Å². The Kier molecular flexibility index (Phi) is 9.28. The molecule has 0 fully saturated rings. The number of halogens is 3. The summed E-state index contributed by atoms with van der Waals surface area (Å²) in [6.07, 6.45) is 2.60. The Morgan fingerprint density at radius 2 is 1.82 bits per heavy atom. The lowest BCUT2D eigenvalue weighted by Crippen LogP contribution is -2.56. The van der Waals surface area contributed by atoms with Gasteiger partial charge in [0, 0.05) is 10.4 Å². The van der Waals surface area contributed by atoms with Crippen LogP contribution in [0.3, 0.4) is 0 Å². The van der Waals surface area contributed by atoms with Gasteiger partial charge in [-0.15, -0.1) is 11.3 Å². The number of esters is 1. The minimum Gasteiger partial charge on any atom is -0.497 e. The molecular weight excluding hydrogens is 541 g/mol. The summed E-state index contributed by atoms with van der Waals surface area (Å²) in [6.45, 7) is 2.02. The van der Waals surface area contributed by atoms with E-state index in [2.05, 4.69) is 16.0 Å². The monoisotopic (exact) mass is 563 g/mol. The first kappa shape index (κ1) is 26.8. The zero-order chi connectivity index (χ0) is 24.9. The molecule has 7 nitrogen and oxygen atoms in total. The fourth-order valence-electron chi connectivity index (χ4n) is 3.50. The molecule has 0 aliphatic heterocycles. The number of carbonyl (C=O) groups is 2. The predicted molar refractivity (Wildman–Crippen MR) is 141 cm³/mol. The molecule has 0 unspecified atom stereocenters. The molecule has 1 heterocycles. The summed E-state index contributed by atoms with van der Waals surface area (Å²) in [4.78, 5) is 26.5. The number of alkyl halides is 3. The molecule has 1 aromatic carbocycles. The van der Waals surface area contributed by atoms with Crippen LogP contribution < -0.4 is 20.7 Å². The van der Waals surface area contributed by atoms with Gasteiger partial charge in [0.15, 0.2) is 5.11 Å². The molecule has 3 rings (SSSR count). The van der Waals surface area contributed by atoms with Gasteiger partial charge in [-0.25, -0.2) is 4.79 Å². The topological polar surface area (TPSA) is 88.7 Å². The number of thiophene rings is 1. The molecule has 0 spiro atoms. The van der Waals surface area contributed by atoms with Crippen LogP contribution in [0.15, 0.2) is 24.3 Å². The minimum absolute atomic E-state index is 0.0792. The molecule has 0 bridgehead atoms. The third-order valence-corrected chi connectivity index (χ3v) is 7.19. The molecule has 0 saturated carbocycles. The fraction of sp³-hybridized carbons (Fsp3) is 0.409. The Balaban J connectivity index is 1.76. The van der Waals surface area contributed by atoms with E-state index in [9.17, 15) is 9.59 Å². The molecule has 1 aliphatic rings. The number of anilines is 1. The van der Waals surface area contributed by atoms with Crippen LogP contribution in [-0.4, -0.2) is 40.7 Å². The third kappa shape index (κ3) is 6.66. The number of nitrogens with one attached hydrogen (secondary N) is 3. The number of aryl methyl sites for hydroxylation is 1. The fourth-order valence-corrected chi connectivity index (χ4v) is 5.39. The van der Waals surface area contributed by atoms with Crippen LogP contribution in [0.5, 0.6) is 5.75 Å². The number of fused-ring (bicyclic) bond motifs is 1. The van der Waals surface area contributed by atoms with Gasteiger partial charge in [0.05, 0.1) is 19.3 Å². The summed E-state index contributed by atoms with van der Waals surface area (Å²) < 4.78 is 8.44. The molecule has 184 valence electrons. The summed E-state index contributed by atoms with van der Waals surface area (Å²) in [5.41, 5.74) is 1.82. The molecule has 0 saturated heterocycles. The van der Waals surface area contributed by atoms with Crippen molar-refractivity contribution in [1.82, 2.24) is 10.6 Å². The third-order valence-electron chi connectivity index (χ3n) is 5.11. The standard InChI is InChI=1S/C22H24Cl3N3O4S2/c1-3-32-19(30)16-14-6-4-5-7-15(14)34-18(16)27-21(33)28-20(22(23,24)25)26-17(29)12-8-10-13(31-2)11-9-12/h8-11,20H,3-7H2,1-2H3,(H,26,29)(H2,27,28,33)/t20-/m1/s1. The molecule has 0 radical (unpaired) electrons. The van der Waals surface area contributed by atoms with Crippen molar-refractivity contribution in [3.63, 3.8) is 0 Å². The first-order chi connectivity index (χ1) is 16.1. The second-order valence-electron chi connectivity index (χ2n) is 7.41. The summed E-state index contributed by atoms with van der Waals surface area (Å²) in [7, 11) is 1.53. The lowest BCUT2D eigenvalue weighted by Gasteiger charge is -2.27. The number of hydrogen-bond donors (Lipinski definition) is 3.